The molecule has 0 nitrogen and oxygen atoms in total. The van der Waals surface area contributed by atoms with Crippen molar-refractivity contribution in [3.05, 3.63) is 60.2 Å². The molecule has 0 bridgehead atoms. The number of hydrogen-bond acceptors (Lipinski definition) is 0. The van der Waals surface area contributed by atoms with Crippen molar-refractivity contribution < 1.29 is 0 Å². The molecule has 0 aliphatic carbocycles. The van der Waals surface area contributed by atoms with Crippen LogP contribution in [0.1, 0.15) is 18.9 Å². The minimum atomic E-state index is 0.485. The first-order valence-corrected chi connectivity index (χ1v) is 6.45. The first kappa shape index (κ1) is 12.0. The molecule has 0 atom stereocenters. The molecular formula is C16H19B. The van der Waals surface area contributed by atoms with Crippen LogP contribution in [0.5, 0.6) is 0 Å². The smallest absolute Gasteiger partial charge is 0.0774 e. The molecule has 0 fully saturated rings. The predicted molar refractivity (Wildman–Crippen MR) is 77.8 cm³/mol. The van der Waals surface area contributed by atoms with Gasteiger partial charge in [-0.05, 0) is 6.42 Å². The van der Waals surface area contributed by atoms with E-state index in [9.17, 15) is 0 Å². The van der Waals surface area contributed by atoms with Crippen LogP contribution < -0.4 is 10.9 Å². The van der Waals surface area contributed by atoms with E-state index in [1.807, 2.05) is 0 Å². The lowest BCUT2D eigenvalue weighted by atomic mass is 9.41. The average molecular weight is 222 g/mol. The van der Waals surface area contributed by atoms with Crippen molar-refractivity contribution >= 4 is 17.6 Å². The fraction of sp³-hybridized carbons (Fsp3) is 0.250. The molecule has 0 saturated carbocycles. The van der Waals surface area contributed by atoms with Gasteiger partial charge in [0.15, 0.2) is 0 Å². The molecule has 1 heteroatoms. The van der Waals surface area contributed by atoms with E-state index < -0.39 is 0 Å². The van der Waals surface area contributed by atoms with Crippen molar-refractivity contribution in [1.29, 1.82) is 0 Å². The molecule has 17 heavy (non-hydrogen) atoms. The molecule has 0 spiro atoms. The van der Waals surface area contributed by atoms with Gasteiger partial charge in [0, 0.05) is 0 Å². The summed E-state index contributed by atoms with van der Waals surface area (Å²) < 4.78 is 0. The van der Waals surface area contributed by atoms with E-state index in [-0.39, 0.29) is 0 Å². The highest BCUT2D eigenvalue weighted by atomic mass is 14.0. The van der Waals surface area contributed by atoms with E-state index in [1.54, 1.807) is 0 Å². The molecule has 2 aromatic carbocycles. The van der Waals surface area contributed by atoms with E-state index in [0.29, 0.717) is 6.71 Å². The Morgan fingerprint density at radius 3 is 2.24 bits per heavy atom. The lowest BCUT2D eigenvalue weighted by molar-refractivity contribution is 0.927. The van der Waals surface area contributed by atoms with Gasteiger partial charge in [0.1, 0.15) is 0 Å². The fourth-order valence-electron chi connectivity index (χ4n) is 2.37. The van der Waals surface area contributed by atoms with E-state index >= 15 is 0 Å². The molecule has 0 aromatic heterocycles. The van der Waals surface area contributed by atoms with Gasteiger partial charge in [-0.1, -0.05) is 91.3 Å². The van der Waals surface area contributed by atoms with Gasteiger partial charge in [0.25, 0.3) is 0 Å². The maximum absolute atomic E-state index is 2.30. The third-order valence-corrected chi connectivity index (χ3v) is 3.34. The molecular weight excluding hydrogens is 203 g/mol. The minimum absolute atomic E-state index is 0.485. The molecule has 0 N–H and O–H groups in total. The Bertz CT molecular complexity index is 462. The zero-order chi connectivity index (χ0) is 12.1. The summed E-state index contributed by atoms with van der Waals surface area (Å²) in [4.78, 5) is 0. The second-order valence-electron chi connectivity index (χ2n) is 4.58. The second kappa shape index (κ2) is 5.72. The van der Waals surface area contributed by atoms with Crippen LogP contribution in [-0.2, 0) is 6.42 Å². The molecule has 0 heterocycles. The topological polar surface area (TPSA) is 0 Å². The van der Waals surface area contributed by atoms with Gasteiger partial charge in [0.05, 0.1) is 0 Å². The predicted octanol–water partition coefficient (Wildman–Crippen LogP) is 2.88. The van der Waals surface area contributed by atoms with Crippen molar-refractivity contribution in [2.75, 3.05) is 0 Å². The Morgan fingerprint density at radius 2 is 1.53 bits per heavy atom. The number of rotatable bonds is 4. The summed E-state index contributed by atoms with van der Waals surface area (Å²) >= 11 is 0. The highest BCUT2D eigenvalue weighted by Gasteiger charge is 2.15. The number of benzene rings is 2. The molecule has 86 valence electrons. The third-order valence-electron chi connectivity index (χ3n) is 3.34. The van der Waals surface area contributed by atoms with Crippen LogP contribution in [0, 0.1) is 0 Å². The van der Waals surface area contributed by atoms with Crippen LogP contribution in [0.25, 0.3) is 0 Å². The largest absolute Gasteiger partial charge is 0.206 e. The molecule has 0 radical (unpaired) electrons. The van der Waals surface area contributed by atoms with Crippen LogP contribution in [0.3, 0.4) is 0 Å². The summed E-state index contributed by atoms with van der Waals surface area (Å²) in [6, 6.07) is 19.6. The molecule has 2 aromatic rings. The van der Waals surface area contributed by atoms with E-state index in [2.05, 4.69) is 68.3 Å². The highest BCUT2D eigenvalue weighted by Crippen LogP contribution is 2.02. The van der Waals surface area contributed by atoms with Gasteiger partial charge >= 0.3 is 0 Å². The van der Waals surface area contributed by atoms with Gasteiger partial charge in [-0.25, -0.2) is 0 Å². The summed E-state index contributed by atoms with van der Waals surface area (Å²) in [5.74, 6) is 0. The lowest BCUT2D eigenvalue weighted by Crippen LogP contribution is -2.41. The Hall–Kier alpha value is -1.50. The van der Waals surface area contributed by atoms with Crippen molar-refractivity contribution in [2.45, 2.75) is 26.6 Å². The maximum atomic E-state index is 2.30. The first-order valence-electron chi connectivity index (χ1n) is 6.45. The standard InChI is InChI=1S/C16H19B/c1-3-9-14-10-7-8-13-16(14)17(2)15-11-5-4-6-12-15/h4-8,10-13H,3,9H2,1-2H3. The Kier molecular flexibility index (Phi) is 4.03. The van der Waals surface area contributed by atoms with Gasteiger partial charge in [0.2, 0.25) is 6.71 Å². The molecule has 0 saturated heterocycles. The van der Waals surface area contributed by atoms with Crippen LogP contribution in [0.4, 0.5) is 0 Å². The second-order valence-corrected chi connectivity index (χ2v) is 4.58. The van der Waals surface area contributed by atoms with Crippen molar-refractivity contribution in [2.24, 2.45) is 0 Å². The van der Waals surface area contributed by atoms with Crippen LogP contribution in [0.2, 0.25) is 6.82 Å². The maximum Gasteiger partial charge on any atom is 0.206 e. The summed E-state index contributed by atoms with van der Waals surface area (Å²) in [7, 11) is 0. The van der Waals surface area contributed by atoms with Crippen molar-refractivity contribution in [3.63, 3.8) is 0 Å². The summed E-state index contributed by atoms with van der Waals surface area (Å²) in [6.07, 6.45) is 2.38. The van der Waals surface area contributed by atoms with Crippen LogP contribution in [-0.4, -0.2) is 6.71 Å². The number of hydrogen-bond donors (Lipinski definition) is 0. The number of aryl methyl sites for hydroxylation is 1. The van der Waals surface area contributed by atoms with E-state index in [0.717, 1.165) is 0 Å². The van der Waals surface area contributed by atoms with Crippen LogP contribution in [0.15, 0.2) is 54.6 Å². The highest BCUT2D eigenvalue weighted by molar-refractivity contribution is 6.84. The average Bonchev–Trinajstić information content (AvgIpc) is 2.40. The summed E-state index contributed by atoms with van der Waals surface area (Å²) in [5.41, 5.74) is 4.36. The molecule has 0 aliphatic heterocycles. The van der Waals surface area contributed by atoms with Crippen molar-refractivity contribution in [1.82, 2.24) is 0 Å². The lowest BCUT2D eigenvalue weighted by Gasteiger charge is -2.14. The van der Waals surface area contributed by atoms with Gasteiger partial charge in [-0.2, -0.15) is 0 Å². The third kappa shape index (κ3) is 2.79. The van der Waals surface area contributed by atoms with Crippen molar-refractivity contribution in [3.8, 4) is 0 Å². The quantitative estimate of drug-likeness (QED) is 0.698. The normalized spacial score (nSPS) is 10.2. The summed E-state index contributed by atoms with van der Waals surface area (Å²) in [6.45, 7) is 5.02. The summed E-state index contributed by atoms with van der Waals surface area (Å²) in [5, 5.41) is 0. The van der Waals surface area contributed by atoms with Gasteiger partial charge < -0.3 is 0 Å². The zero-order valence-electron chi connectivity index (χ0n) is 10.7. The minimum Gasteiger partial charge on any atom is -0.0774 e. The van der Waals surface area contributed by atoms with E-state index in [1.165, 1.54) is 29.3 Å². The molecule has 0 amide bonds. The van der Waals surface area contributed by atoms with E-state index in [4.69, 9.17) is 0 Å². The monoisotopic (exact) mass is 222 g/mol. The van der Waals surface area contributed by atoms with Gasteiger partial charge in [-0.15, -0.1) is 0 Å². The Morgan fingerprint density at radius 1 is 0.882 bits per heavy atom. The fourth-order valence-corrected chi connectivity index (χ4v) is 2.37. The SMILES string of the molecule is CCCc1ccccc1B(C)c1ccccc1. The zero-order valence-corrected chi connectivity index (χ0v) is 10.7. The molecule has 2 rings (SSSR count). The molecule has 0 aliphatic rings. The first-order chi connectivity index (χ1) is 8.33. The Balaban J connectivity index is 2.33. The van der Waals surface area contributed by atoms with Gasteiger partial charge in [-0.3, -0.25) is 0 Å². The Labute approximate surface area is 105 Å². The van der Waals surface area contributed by atoms with Crippen LogP contribution >= 0.6 is 0 Å². The molecule has 0 unspecified atom stereocenters.